The Morgan fingerprint density at radius 2 is 2.00 bits per heavy atom. The highest BCUT2D eigenvalue weighted by molar-refractivity contribution is 7.20. The van der Waals surface area contributed by atoms with Gasteiger partial charge in [0.25, 0.3) is 0 Å². The van der Waals surface area contributed by atoms with E-state index in [1.165, 1.54) is 23.5 Å². The molecule has 1 atom stereocenters. The normalized spacial score (nSPS) is 12.6. The van der Waals surface area contributed by atoms with Gasteiger partial charge in [0.2, 0.25) is 0 Å². The summed E-state index contributed by atoms with van der Waals surface area (Å²) in [6, 6.07) is 6.21. The first kappa shape index (κ1) is 17.0. The minimum atomic E-state index is -0.293. The second kappa shape index (κ2) is 7.80. The van der Waals surface area contributed by atoms with Crippen molar-refractivity contribution in [3.8, 4) is 0 Å². The lowest BCUT2D eigenvalue weighted by Gasteiger charge is -2.19. The van der Waals surface area contributed by atoms with Gasteiger partial charge >= 0.3 is 0 Å². The first-order valence-corrected chi connectivity index (χ1v) is 8.58. The third-order valence-electron chi connectivity index (χ3n) is 3.13. The third kappa shape index (κ3) is 4.57. The van der Waals surface area contributed by atoms with E-state index in [9.17, 15) is 4.39 Å². The van der Waals surface area contributed by atoms with E-state index < -0.39 is 0 Å². The van der Waals surface area contributed by atoms with Crippen LogP contribution in [0.3, 0.4) is 0 Å². The Kier molecular flexibility index (Phi) is 6.33. The molecule has 2 aromatic rings. The first-order chi connectivity index (χ1) is 10.0. The van der Waals surface area contributed by atoms with Crippen molar-refractivity contribution in [3.05, 3.63) is 54.9 Å². The van der Waals surface area contributed by atoms with Gasteiger partial charge in [0.15, 0.2) is 0 Å². The van der Waals surface area contributed by atoms with Crippen molar-refractivity contribution in [2.45, 2.75) is 25.8 Å². The fraction of sp³-hybridized carbons (Fsp3) is 0.333. The summed E-state index contributed by atoms with van der Waals surface area (Å²) in [7, 11) is 0. The minimum Gasteiger partial charge on any atom is -0.310 e. The van der Waals surface area contributed by atoms with E-state index in [1.54, 1.807) is 6.07 Å². The molecule has 21 heavy (non-hydrogen) atoms. The highest BCUT2D eigenvalue weighted by atomic mass is 35.5. The molecular weight excluding hydrogens is 352 g/mol. The van der Waals surface area contributed by atoms with E-state index in [1.807, 2.05) is 6.07 Å². The average Bonchev–Trinajstić information content (AvgIpc) is 2.77. The third-order valence-corrected chi connectivity index (χ3v) is 5.02. The zero-order valence-corrected chi connectivity index (χ0v) is 14.5. The lowest BCUT2D eigenvalue weighted by atomic mass is 10.0. The molecule has 0 spiro atoms. The maximum atomic E-state index is 13.4. The Morgan fingerprint density at radius 1 is 1.24 bits per heavy atom. The van der Waals surface area contributed by atoms with E-state index in [-0.39, 0.29) is 11.9 Å². The topological polar surface area (TPSA) is 12.0 Å². The summed E-state index contributed by atoms with van der Waals surface area (Å²) in [4.78, 5) is 0. The zero-order valence-electron chi connectivity index (χ0n) is 11.4. The molecule has 6 heteroatoms. The van der Waals surface area contributed by atoms with Crippen LogP contribution in [0.25, 0.3) is 0 Å². The van der Waals surface area contributed by atoms with Crippen LogP contribution in [0, 0.1) is 5.82 Å². The maximum absolute atomic E-state index is 13.4. The van der Waals surface area contributed by atoms with Crippen LogP contribution in [0.15, 0.2) is 24.3 Å². The summed E-state index contributed by atoms with van der Waals surface area (Å²) in [5.41, 5.74) is 1.68. The Labute approximate surface area is 143 Å². The minimum absolute atomic E-state index is 0.0412. The van der Waals surface area contributed by atoms with Gasteiger partial charge in [-0.1, -0.05) is 41.7 Å². The van der Waals surface area contributed by atoms with Crippen LogP contribution in [0.5, 0.6) is 0 Å². The average molecular weight is 367 g/mol. The van der Waals surface area contributed by atoms with Gasteiger partial charge in [-0.3, -0.25) is 0 Å². The van der Waals surface area contributed by atoms with E-state index in [0.717, 1.165) is 24.1 Å². The predicted octanol–water partition coefficient (Wildman–Crippen LogP) is 6.13. The standard InChI is InChI=1S/C15H15Cl3FNS/c1-2-5-20-13(11-8-14(17)21-15(11)18)7-9-6-10(19)3-4-12(9)16/h3-4,6,8,13,20H,2,5,7H2,1H3. The van der Waals surface area contributed by atoms with Crippen LogP contribution in [-0.4, -0.2) is 6.54 Å². The van der Waals surface area contributed by atoms with Crippen LogP contribution in [0.1, 0.15) is 30.5 Å². The SMILES string of the molecule is CCCNC(Cc1cc(F)ccc1Cl)c1cc(Cl)sc1Cl. The van der Waals surface area contributed by atoms with Crippen LogP contribution >= 0.6 is 46.1 Å². The molecule has 1 N–H and O–H groups in total. The zero-order chi connectivity index (χ0) is 15.4. The smallest absolute Gasteiger partial charge is 0.123 e. The van der Waals surface area contributed by atoms with Crippen molar-refractivity contribution < 1.29 is 4.39 Å². The summed E-state index contributed by atoms with van der Waals surface area (Å²) in [6.45, 7) is 2.92. The first-order valence-electron chi connectivity index (χ1n) is 6.63. The quantitative estimate of drug-likeness (QED) is 0.648. The van der Waals surface area contributed by atoms with Crippen LogP contribution in [0.4, 0.5) is 4.39 Å². The summed E-state index contributed by atoms with van der Waals surface area (Å²) < 4.78 is 14.7. The van der Waals surface area contributed by atoms with Gasteiger partial charge in [-0.05, 0) is 49.2 Å². The number of rotatable bonds is 6. The van der Waals surface area contributed by atoms with Crippen LogP contribution < -0.4 is 5.32 Å². The lowest BCUT2D eigenvalue weighted by Crippen LogP contribution is -2.24. The Hall–Kier alpha value is -0.320. The molecule has 0 aliphatic heterocycles. The fourth-order valence-corrected chi connectivity index (χ4v) is 3.89. The number of nitrogens with one attached hydrogen (secondary N) is 1. The summed E-state index contributed by atoms with van der Waals surface area (Å²) in [5, 5.41) is 3.97. The molecule has 0 radical (unpaired) electrons. The number of thiophene rings is 1. The van der Waals surface area contributed by atoms with Gasteiger partial charge in [0, 0.05) is 16.6 Å². The van der Waals surface area contributed by atoms with Crippen molar-refractivity contribution in [2.24, 2.45) is 0 Å². The monoisotopic (exact) mass is 365 g/mol. The van der Waals surface area contributed by atoms with Crippen molar-refractivity contribution >= 4 is 46.1 Å². The van der Waals surface area contributed by atoms with Crippen molar-refractivity contribution in [1.82, 2.24) is 5.32 Å². The number of benzene rings is 1. The second-order valence-electron chi connectivity index (χ2n) is 4.73. The molecule has 0 saturated heterocycles. The fourth-order valence-electron chi connectivity index (χ4n) is 2.12. The maximum Gasteiger partial charge on any atom is 0.123 e. The Balaban J connectivity index is 2.28. The number of hydrogen-bond donors (Lipinski definition) is 1. The highest BCUT2D eigenvalue weighted by Crippen LogP contribution is 2.36. The molecule has 1 unspecified atom stereocenters. The van der Waals surface area contributed by atoms with Gasteiger partial charge in [-0.25, -0.2) is 4.39 Å². The van der Waals surface area contributed by atoms with Gasteiger partial charge in [0.05, 0.1) is 8.67 Å². The molecule has 2 rings (SSSR count). The number of hydrogen-bond acceptors (Lipinski definition) is 2. The van der Waals surface area contributed by atoms with Gasteiger partial charge in [-0.15, -0.1) is 11.3 Å². The van der Waals surface area contributed by atoms with Gasteiger partial charge < -0.3 is 5.32 Å². The molecule has 0 aliphatic rings. The molecule has 0 saturated carbocycles. The molecule has 114 valence electrons. The molecule has 0 bridgehead atoms. The highest BCUT2D eigenvalue weighted by Gasteiger charge is 2.19. The molecule has 0 fully saturated rings. The van der Waals surface area contributed by atoms with E-state index in [2.05, 4.69) is 12.2 Å². The van der Waals surface area contributed by atoms with Gasteiger partial charge in [0.1, 0.15) is 5.82 Å². The van der Waals surface area contributed by atoms with Crippen molar-refractivity contribution in [1.29, 1.82) is 0 Å². The molecule has 1 aromatic carbocycles. The van der Waals surface area contributed by atoms with Crippen molar-refractivity contribution in [3.63, 3.8) is 0 Å². The van der Waals surface area contributed by atoms with E-state index in [4.69, 9.17) is 34.8 Å². The summed E-state index contributed by atoms with van der Waals surface area (Å²) in [5.74, 6) is -0.293. The summed E-state index contributed by atoms with van der Waals surface area (Å²) >= 11 is 19.8. The number of halogens is 4. The molecule has 1 aromatic heterocycles. The predicted molar refractivity (Wildman–Crippen MR) is 90.5 cm³/mol. The van der Waals surface area contributed by atoms with Gasteiger partial charge in [-0.2, -0.15) is 0 Å². The van der Waals surface area contributed by atoms with Crippen LogP contribution in [-0.2, 0) is 6.42 Å². The molecule has 1 heterocycles. The van der Waals surface area contributed by atoms with E-state index in [0.29, 0.717) is 20.1 Å². The summed E-state index contributed by atoms with van der Waals surface area (Å²) in [6.07, 6.45) is 1.55. The van der Waals surface area contributed by atoms with Crippen LogP contribution in [0.2, 0.25) is 13.7 Å². The second-order valence-corrected chi connectivity index (χ2v) is 7.42. The molecular formula is C15H15Cl3FNS. The Bertz CT molecular complexity index is 615. The molecule has 1 nitrogen and oxygen atoms in total. The largest absolute Gasteiger partial charge is 0.310 e. The lowest BCUT2D eigenvalue weighted by molar-refractivity contribution is 0.528. The van der Waals surface area contributed by atoms with Crippen molar-refractivity contribution in [2.75, 3.05) is 6.54 Å². The molecule has 0 aliphatic carbocycles. The van der Waals surface area contributed by atoms with E-state index >= 15 is 0 Å². The Morgan fingerprint density at radius 3 is 2.62 bits per heavy atom. The molecule has 0 amide bonds.